The number of rotatable bonds is 7. The van der Waals surface area contributed by atoms with E-state index in [2.05, 4.69) is 15.5 Å². The third-order valence-electron chi connectivity index (χ3n) is 4.19. The van der Waals surface area contributed by atoms with Gasteiger partial charge in [0.2, 0.25) is 0 Å². The monoisotopic (exact) mass is 349 g/mol. The second-order valence-corrected chi connectivity index (χ2v) is 6.12. The smallest absolute Gasteiger partial charge is 0.269 e. The Morgan fingerprint density at radius 3 is 2.58 bits per heavy atom. The minimum absolute atomic E-state index is 0.179. The Bertz CT molecular complexity index is 869. The van der Waals surface area contributed by atoms with Crippen molar-refractivity contribution in [3.8, 4) is 11.3 Å². The van der Waals surface area contributed by atoms with Crippen LogP contribution in [0.1, 0.15) is 34.1 Å². The highest BCUT2D eigenvalue weighted by atomic mass is 16.5. The summed E-state index contributed by atoms with van der Waals surface area (Å²) in [6.07, 6.45) is 0. The van der Waals surface area contributed by atoms with Gasteiger partial charge in [-0.3, -0.25) is 9.89 Å². The first-order valence-corrected chi connectivity index (χ1v) is 8.72. The van der Waals surface area contributed by atoms with Gasteiger partial charge in [-0.1, -0.05) is 54.1 Å². The summed E-state index contributed by atoms with van der Waals surface area (Å²) in [6, 6.07) is 17.8. The van der Waals surface area contributed by atoms with Crippen LogP contribution < -0.4 is 5.32 Å². The van der Waals surface area contributed by atoms with E-state index in [0.29, 0.717) is 25.5 Å². The molecular formula is C21H23N3O2. The van der Waals surface area contributed by atoms with Gasteiger partial charge in [0.1, 0.15) is 5.69 Å². The van der Waals surface area contributed by atoms with Gasteiger partial charge in [0.05, 0.1) is 12.3 Å². The quantitative estimate of drug-likeness (QED) is 0.681. The van der Waals surface area contributed by atoms with Gasteiger partial charge in [-0.2, -0.15) is 5.10 Å². The molecule has 134 valence electrons. The maximum absolute atomic E-state index is 12.4. The van der Waals surface area contributed by atoms with Crippen LogP contribution in [-0.4, -0.2) is 22.7 Å². The van der Waals surface area contributed by atoms with Crippen molar-refractivity contribution in [2.24, 2.45) is 0 Å². The number of carbonyl (C=O) groups is 1. The Morgan fingerprint density at radius 2 is 1.85 bits per heavy atom. The molecule has 0 fully saturated rings. The molecule has 3 rings (SSSR count). The van der Waals surface area contributed by atoms with E-state index in [1.54, 1.807) is 6.07 Å². The lowest BCUT2D eigenvalue weighted by Crippen LogP contribution is -2.23. The number of aryl methyl sites for hydroxylation is 1. The molecule has 0 saturated heterocycles. The molecule has 26 heavy (non-hydrogen) atoms. The molecule has 0 radical (unpaired) electrons. The predicted molar refractivity (Wildman–Crippen MR) is 102 cm³/mol. The highest BCUT2D eigenvalue weighted by molar-refractivity contribution is 5.93. The molecule has 3 aromatic rings. The van der Waals surface area contributed by atoms with Crippen LogP contribution in [0.3, 0.4) is 0 Å². The number of nitrogens with one attached hydrogen (secondary N) is 2. The van der Waals surface area contributed by atoms with E-state index in [4.69, 9.17) is 4.74 Å². The molecule has 0 unspecified atom stereocenters. The predicted octanol–water partition coefficient (Wildman–Crippen LogP) is 3.85. The molecular weight excluding hydrogens is 326 g/mol. The highest BCUT2D eigenvalue weighted by Gasteiger charge is 2.11. The summed E-state index contributed by atoms with van der Waals surface area (Å²) in [5.74, 6) is -0.179. The Labute approximate surface area is 153 Å². The van der Waals surface area contributed by atoms with Crippen LogP contribution in [0.15, 0.2) is 54.6 Å². The van der Waals surface area contributed by atoms with Crippen molar-refractivity contribution in [3.63, 3.8) is 0 Å². The fourth-order valence-corrected chi connectivity index (χ4v) is 2.66. The maximum Gasteiger partial charge on any atom is 0.269 e. The van der Waals surface area contributed by atoms with Crippen LogP contribution in [0, 0.1) is 6.92 Å². The second kappa shape index (κ2) is 8.45. The number of amides is 1. The van der Waals surface area contributed by atoms with Gasteiger partial charge >= 0.3 is 0 Å². The number of hydrogen-bond donors (Lipinski definition) is 2. The first kappa shape index (κ1) is 17.9. The van der Waals surface area contributed by atoms with Crippen molar-refractivity contribution in [2.75, 3.05) is 6.61 Å². The lowest BCUT2D eigenvalue weighted by molar-refractivity contribution is 0.0944. The maximum atomic E-state index is 12.4. The summed E-state index contributed by atoms with van der Waals surface area (Å²) in [6.45, 7) is 5.66. The highest BCUT2D eigenvalue weighted by Crippen LogP contribution is 2.18. The largest absolute Gasteiger partial charge is 0.377 e. The molecule has 0 spiro atoms. The molecule has 2 aromatic carbocycles. The molecule has 5 nitrogen and oxygen atoms in total. The van der Waals surface area contributed by atoms with Crippen molar-refractivity contribution < 1.29 is 9.53 Å². The van der Waals surface area contributed by atoms with E-state index in [9.17, 15) is 4.79 Å². The van der Waals surface area contributed by atoms with Crippen molar-refractivity contribution in [1.29, 1.82) is 0 Å². The van der Waals surface area contributed by atoms with Gasteiger partial charge in [-0.15, -0.1) is 0 Å². The summed E-state index contributed by atoms with van der Waals surface area (Å²) in [5, 5.41) is 10.0. The van der Waals surface area contributed by atoms with Crippen LogP contribution in [0.5, 0.6) is 0 Å². The molecule has 1 amide bonds. The second-order valence-electron chi connectivity index (χ2n) is 6.12. The Balaban J connectivity index is 1.65. The topological polar surface area (TPSA) is 67.0 Å². The Hall–Kier alpha value is -2.92. The molecule has 0 aliphatic heterocycles. The molecule has 0 aliphatic rings. The summed E-state index contributed by atoms with van der Waals surface area (Å²) >= 11 is 0. The fourth-order valence-electron chi connectivity index (χ4n) is 2.66. The SMILES string of the molecule is CCOCc1ccccc1CNC(=O)c1cc(-c2ccc(C)cc2)n[nH]1. The van der Waals surface area contributed by atoms with Crippen molar-refractivity contribution >= 4 is 5.91 Å². The van der Waals surface area contributed by atoms with E-state index in [0.717, 1.165) is 22.4 Å². The minimum atomic E-state index is -0.179. The number of H-pyrrole nitrogens is 1. The third kappa shape index (κ3) is 4.37. The lowest BCUT2D eigenvalue weighted by Gasteiger charge is -2.10. The number of hydrogen-bond acceptors (Lipinski definition) is 3. The average Bonchev–Trinajstić information content (AvgIpc) is 3.16. The Kier molecular flexibility index (Phi) is 5.81. The van der Waals surface area contributed by atoms with E-state index < -0.39 is 0 Å². The van der Waals surface area contributed by atoms with Crippen LogP contribution in [-0.2, 0) is 17.9 Å². The first-order valence-electron chi connectivity index (χ1n) is 8.72. The zero-order valence-electron chi connectivity index (χ0n) is 15.1. The van der Waals surface area contributed by atoms with E-state index in [1.165, 1.54) is 5.56 Å². The molecule has 0 atom stereocenters. The van der Waals surface area contributed by atoms with Gasteiger partial charge in [0.25, 0.3) is 5.91 Å². The van der Waals surface area contributed by atoms with Gasteiger partial charge < -0.3 is 10.1 Å². The summed E-state index contributed by atoms with van der Waals surface area (Å²) in [5.41, 5.74) is 5.50. The number of nitrogens with zero attached hydrogens (tertiary/aromatic N) is 1. The molecule has 1 aromatic heterocycles. The molecule has 2 N–H and O–H groups in total. The molecule has 0 bridgehead atoms. The fraction of sp³-hybridized carbons (Fsp3) is 0.238. The average molecular weight is 349 g/mol. The summed E-state index contributed by atoms with van der Waals surface area (Å²) in [7, 11) is 0. The van der Waals surface area contributed by atoms with Crippen LogP contribution >= 0.6 is 0 Å². The standard InChI is InChI=1S/C21H23N3O2/c1-3-26-14-18-7-5-4-6-17(18)13-22-21(25)20-12-19(23-24-20)16-10-8-15(2)9-11-16/h4-12H,3,13-14H2,1-2H3,(H,22,25)(H,23,24). The first-order chi connectivity index (χ1) is 12.7. The van der Waals surface area contributed by atoms with Gasteiger partial charge in [0.15, 0.2) is 0 Å². The number of ether oxygens (including phenoxy) is 1. The minimum Gasteiger partial charge on any atom is -0.377 e. The van der Waals surface area contributed by atoms with Crippen molar-refractivity contribution in [3.05, 3.63) is 77.0 Å². The van der Waals surface area contributed by atoms with E-state index >= 15 is 0 Å². The van der Waals surface area contributed by atoms with E-state index in [1.807, 2.05) is 62.4 Å². The molecule has 0 aliphatic carbocycles. The van der Waals surface area contributed by atoms with Gasteiger partial charge in [0, 0.05) is 18.7 Å². The summed E-state index contributed by atoms with van der Waals surface area (Å²) < 4.78 is 5.48. The van der Waals surface area contributed by atoms with Crippen molar-refractivity contribution in [1.82, 2.24) is 15.5 Å². The van der Waals surface area contributed by atoms with Crippen LogP contribution in [0.25, 0.3) is 11.3 Å². The number of aromatic nitrogens is 2. The van der Waals surface area contributed by atoms with Crippen LogP contribution in [0.4, 0.5) is 0 Å². The lowest BCUT2D eigenvalue weighted by atomic mass is 10.1. The van der Waals surface area contributed by atoms with E-state index in [-0.39, 0.29) is 5.91 Å². The van der Waals surface area contributed by atoms with Gasteiger partial charge in [-0.05, 0) is 31.0 Å². The Morgan fingerprint density at radius 1 is 1.12 bits per heavy atom. The zero-order valence-corrected chi connectivity index (χ0v) is 15.1. The number of benzene rings is 2. The molecule has 5 heteroatoms. The number of carbonyl (C=O) groups excluding carboxylic acids is 1. The third-order valence-corrected chi connectivity index (χ3v) is 4.19. The molecule has 1 heterocycles. The van der Waals surface area contributed by atoms with Gasteiger partial charge in [-0.25, -0.2) is 0 Å². The number of aromatic amines is 1. The summed E-state index contributed by atoms with van der Waals surface area (Å²) in [4.78, 5) is 12.4. The van der Waals surface area contributed by atoms with Crippen molar-refractivity contribution in [2.45, 2.75) is 27.0 Å². The van der Waals surface area contributed by atoms with Crippen LogP contribution in [0.2, 0.25) is 0 Å². The normalized spacial score (nSPS) is 10.7. The zero-order chi connectivity index (χ0) is 18.4. The molecule has 0 saturated carbocycles.